The van der Waals surface area contributed by atoms with E-state index in [1.807, 2.05) is 48.0 Å². The minimum absolute atomic E-state index is 0.958. The van der Waals surface area contributed by atoms with Gasteiger partial charge in [0.15, 0.2) is 0 Å². The van der Waals surface area contributed by atoms with Crippen LogP contribution in [0.3, 0.4) is 0 Å². The molecule has 0 amide bonds. The fourth-order valence-electron chi connectivity index (χ4n) is 19.4. The second-order valence-corrected chi connectivity index (χ2v) is 33.5. The third kappa shape index (κ3) is 13.8. The van der Waals surface area contributed by atoms with E-state index in [-0.39, 0.29) is 0 Å². The van der Waals surface area contributed by atoms with Crippen molar-refractivity contribution in [3.05, 3.63) is 480 Å². The van der Waals surface area contributed by atoms with Crippen molar-refractivity contribution in [3.8, 4) is 101 Å². The lowest BCUT2D eigenvalue weighted by atomic mass is 9.86. The molecule has 5 nitrogen and oxygen atoms in total. The zero-order valence-electron chi connectivity index (χ0n) is 69.8. The van der Waals surface area contributed by atoms with Gasteiger partial charge in [0.1, 0.15) is 0 Å². The van der Waals surface area contributed by atoms with Gasteiger partial charge in [0.25, 0.3) is 0 Å². The highest BCUT2D eigenvalue weighted by molar-refractivity contribution is 7.26. The van der Waals surface area contributed by atoms with E-state index in [0.717, 1.165) is 90.0 Å². The van der Waals surface area contributed by atoms with Gasteiger partial charge >= 0.3 is 0 Å². The van der Waals surface area contributed by atoms with Gasteiger partial charge in [0.05, 0.1) is 39.9 Å². The van der Waals surface area contributed by atoms with Crippen LogP contribution < -0.4 is 4.90 Å². The fourth-order valence-corrected chi connectivity index (χ4v) is 20.6. The third-order valence-corrected chi connectivity index (χ3v) is 26.3. The zero-order chi connectivity index (χ0) is 84.8. The molecule has 0 N–H and O–H groups in total. The Hall–Kier alpha value is -16.6. The summed E-state index contributed by atoms with van der Waals surface area (Å²) in [6, 6.07) is 167. The van der Waals surface area contributed by atoms with Crippen LogP contribution in [0.2, 0.25) is 0 Å². The molecule has 0 atom stereocenters. The van der Waals surface area contributed by atoms with Crippen molar-refractivity contribution < 1.29 is 0 Å². The molecule has 0 fully saturated rings. The van der Waals surface area contributed by atoms with Gasteiger partial charge < -0.3 is 4.90 Å². The largest absolute Gasteiger partial charge is 0.310 e. The molecule has 0 bridgehead atoms. The topological polar surface area (TPSA) is 54.8 Å². The molecule has 5 aromatic heterocycles. The van der Waals surface area contributed by atoms with Crippen molar-refractivity contribution in [2.75, 3.05) is 4.90 Å². The molecular formula is C122H79N5S. The number of thiophene rings is 1. The quantitative estimate of drug-likeness (QED) is 0.114. The molecule has 0 aliphatic carbocycles. The van der Waals surface area contributed by atoms with E-state index in [9.17, 15) is 0 Å². The highest BCUT2D eigenvalue weighted by Crippen LogP contribution is 2.52. The van der Waals surface area contributed by atoms with Crippen molar-refractivity contribution in [3.63, 3.8) is 0 Å². The molecule has 25 rings (SSSR count). The molecule has 6 heteroatoms. The molecule has 0 unspecified atom stereocenters. The number of nitrogens with zero attached hydrogens (tertiary/aromatic N) is 5. The first-order chi connectivity index (χ1) is 63.6. The lowest BCUT2D eigenvalue weighted by molar-refractivity contribution is 1.30. The number of benzene rings is 20. The Kier molecular flexibility index (Phi) is 19.8. The third-order valence-electron chi connectivity index (χ3n) is 25.1. The Morgan fingerprint density at radius 2 is 0.453 bits per heavy atom. The molecule has 0 saturated heterocycles. The summed E-state index contributed by atoms with van der Waals surface area (Å²) in [5.74, 6) is 0. The number of anilines is 3. The summed E-state index contributed by atoms with van der Waals surface area (Å²) in [6.07, 6.45) is 3.85. The molecule has 5 heterocycles. The average Bonchev–Trinajstić information content (AvgIpc) is 0.861. The molecular weight excluding hydrogens is 1570 g/mol. The number of aromatic nitrogens is 4. The lowest BCUT2D eigenvalue weighted by Gasteiger charge is -2.28. The maximum Gasteiger partial charge on any atom is 0.0715 e. The Morgan fingerprint density at radius 3 is 0.859 bits per heavy atom. The minimum Gasteiger partial charge on any atom is -0.310 e. The summed E-state index contributed by atoms with van der Waals surface area (Å²) in [4.78, 5) is 22.2. The monoisotopic (exact) mass is 1650 g/mol. The first kappa shape index (κ1) is 76.3. The van der Waals surface area contributed by atoms with Gasteiger partial charge in [-0.15, -0.1) is 11.3 Å². The number of hydrogen-bond acceptors (Lipinski definition) is 6. The van der Waals surface area contributed by atoms with Gasteiger partial charge in [-0.1, -0.05) is 382 Å². The van der Waals surface area contributed by atoms with Gasteiger partial charge in [0.2, 0.25) is 0 Å². The maximum atomic E-state index is 5.19. The van der Waals surface area contributed by atoms with Crippen LogP contribution in [-0.2, 0) is 0 Å². The number of para-hydroxylation sites is 2. The second-order valence-electron chi connectivity index (χ2n) is 32.4. The molecule has 0 aliphatic heterocycles. The Balaban J connectivity index is 0.000000110. The predicted octanol–water partition coefficient (Wildman–Crippen LogP) is 33.9. The van der Waals surface area contributed by atoms with Crippen LogP contribution in [-0.4, -0.2) is 19.9 Å². The van der Waals surface area contributed by atoms with Crippen molar-refractivity contribution in [2.45, 2.75) is 0 Å². The Morgan fingerprint density at radius 1 is 0.172 bits per heavy atom. The summed E-state index contributed by atoms with van der Waals surface area (Å²) in [5.41, 5.74) is 23.2. The lowest BCUT2D eigenvalue weighted by Crippen LogP contribution is -2.10. The predicted molar refractivity (Wildman–Crippen MR) is 545 cm³/mol. The second kappa shape index (κ2) is 33.2. The van der Waals surface area contributed by atoms with Gasteiger partial charge in [-0.3, -0.25) is 9.97 Å². The summed E-state index contributed by atoms with van der Waals surface area (Å²) in [5, 5.41) is 25.1. The highest BCUT2D eigenvalue weighted by Gasteiger charge is 2.25. The van der Waals surface area contributed by atoms with Gasteiger partial charge in [-0.05, 0) is 188 Å². The van der Waals surface area contributed by atoms with Crippen molar-refractivity contribution >= 4 is 146 Å². The highest BCUT2D eigenvalue weighted by atomic mass is 32.1. The van der Waals surface area contributed by atoms with Gasteiger partial charge in [-0.25, -0.2) is 9.97 Å². The first-order valence-electron chi connectivity index (χ1n) is 43.6. The van der Waals surface area contributed by atoms with Crippen LogP contribution >= 0.6 is 11.3 Å². The number of fused-ring (bicyclic) bond motifs is 21. The van der Waals surface area contributed by atoms with Crippen LogP contribution in [0.4, 0.5) is 17.1 Å². The van der Waals surface area contributed by atoms with Crippen molar-refractivity contribution in [1.82, 2.24) is 19.9 Å². The van der Waals surface area contributed by atoms with Gasteiger partial charge in [-0.2, -0.15) is 0 Å². The molecule has 0 spiro atoms. The van der Waals surface area contributed by atoms with Crippen LogP contribution in [0.25, 0.3) is 218 Å². The van der Waals surface area contributed by atoms with E-state index >= 15 is 0 Å². The molecule has 0 radical (unpaired) electrons. The number of pyridine rings is 4. The number of rotatable bonds is 12. The van der Waals surface area contributed by atoms with E-state index in [2.05, 4.69) is 448 Å². The Bertz CT molecular complexity index is 7870. The van der Waals surface area contributed by atoms with Crippen LogP contribution in [0, 0.1) is 0 Å². The molecule has 0 aliphatic rings. The van der Waals surface area contributed by atoms with Crippen molar-refractivity contribution in [2.24, 2.45) is 0 Å². The van der Waals surface area contributed by atoms with Crippen LogP contribution in [0.1, 0.15) is 0 Å². The summed E-state index contributed by atoms with van der Waals surface area (Å²) in [7, 11) is 0. The van der Waals surface area contributed by atoms with Crippen LogP contribution in [0.5, 0.6) is 0 Å². The van der Waals surface area contributed by atoms with Gasteiger partial charge in [0, 0.05) is 104 Å². The molecule has 0 saturated carbocycles. The smallest absolute Gasteiger partial charge is 0.0715 e. The fraction of sp³-hybridized carbons (Fsp3) is 0. The standard InChI is InChI=1S/C42H27NS.2C40H26N2/c1-3-14-28(15-4-1)43(29-16-5-2-6-17-29)38-26-13-23-34-31-19-8-7-18-30(31)33-21-11-22-35(40(33)41(34)38)37-25-12-24-36-32-20-9-10-27-39(32)44-42(36)37;1-3-13-27(14-4-1)35-23-11-25-37(41-35)33-21-9-19-31-29-17-7-8-18-30(29)32-20-10-22-34(40(32)39(31)33)38-26-12-24-36(42-38)28-15-5-2-6-16-28;1-3-11-27(12-4-1)37-25-29(21-23-41-37)31-17-9-19-35-33-15-7-8-16-34(33)36-20-10-18-32(40(36)39(31)35)30-22-24-42-38(26-30)28-13-5-2-6-14-28/h1-27H;2*1-26H. The number of hydrogen-bond donors (Lipinski definition) is 0. The zero-order valence-corrected chi connectivity index (χ0v) is 70.6. The summed E-state index contributed by atoms with van der Waals surface area (Å²) >= 11 is 1.89. The molecule has 20 aromatic carbocycles. The molecule has 128 heavy (non-hydrogen) atoms. The average molecular weight is 1650 g/mol. The molecule has 598 valence electrons. The molecule has 25 aromatic rings. The SMILES string of the molecule is c1ccc(-c2cc(-c3cccc4c5ccccc5c5cccc(-c6ccnc(-c7ccccc7)c6)c5c34)ccn2)cc1.c1ccc(-c2cccc(-c3cccc4c5ccccc5c5cccc(-c6cccc(-c7ccccc7)n6)c5c34)n2)cc1.c1ccc(N(c2ccccc2)c2cccc3c4ccccc4c4cccc(-c5cccc6c5sc5ccccc56)c4c23)cc1. The Labute approximate surface area is 745 Å². The van der Waals surface area contributed by atoms with E-state index in [0.29, 0.717) is 0 Å². The van der Waals surface area contributed by atoms with E-state index in [1.54, 1.807) is 0 Å². The summed E-state index contributed by atoms with van der Waals surface area (Å²) < 4.78 is 2.66. The normalized spacial score (nSPS) is 11.4. The van der Waals surface area contributed by atoms with E-state index in [4.69, 9.17) is 19.9 Å². The maximum absolute atomic E-state index is 5.19. The summed E-state index contributed by atoms with van der Waals surface area (Å²) in [6.45, 7) is 0. The van der Waals surface area contributed by atoms with Crippen LogP contribution in [0.15, 0.2) is 480 Å². The minimum atomic E-state index is 0.958. The van der Waals surface area contributed by atoms with E-state index < -0.39 is 0 Å². The van der Waals surface area contributed by atoms with Crippen molar-refractivity contribution in [1.29, 1.82) is 0 Å². The van der Waals surface area contributed by atoms with E-state index in [1.165, 1.54) is 145 Å². The first-order valence-corrected chi connectivity index (χ1v) is 44.4.